The monoisotopic (exact) mass is 383 g/mol. The van der Waals surface area contributed by atoms with Crippen molar-refractivity contribution in [3.05, 3.63) is 27.8 Å². The maximum atomic E-state index is 11.9. The lowest BCUT2D eigenvalue weighted by Crippen LogP contribution is -2.32. The number of carbonyl (C=O) groups is 1. The summed E-state index contributed by atoms with van der Waals surface area (Å²) in [5.74, 6) is 0.148. The maximum absolute atomic E-state index is 11.9. The standard InChI is InChI=1S/C11H14INO4S/c1-8(2)7-17-11(14)13-18(15,16)10-6-4-3-5-9(10)12/h3-6,8H,7H2,1-2H3,(H,13,14). The van der Waals surface area contributed by atoms with Crippen molar-refractivity contribution in [2.45, 2.75) is 18.7 Å². The fourth-order valence-corrected chi connectivity index (χ4v) is 3.33. The minimum atomic E-state index is -3.87. The molecule has 0 fully saturated rings. The molecule has 1 aromatic rings. The summed E-state index contributed by atoms with van der Waals surface area (Å²) in [4.78, 5) is 11.4. The molecule has 0 spiro atoms. The van der Waals surface area contributed by atoms with Crippen molar-refractivity contribution in [3.63, 3.8) is 0 Å². The van der Waals surface area contributed by atoms with Crippen molar-refractivity contribution in [1.82, 2.24) is 4.72 Å². The molecule has 100 valence electrons. The highest BCUT2D eigenvalue weighted by atomic mass is 127. The highest BCUT2D eigenvalue weighted by molar-refractivity contribution is 14.1. The topological polar surface area (TPSA) is 72.5 Å². The Morgan fingerprint density at radius 1 is 1.39 bits per heavy atom. The highest BCUT2D eigenvalue weighted by Gasteiger charge is 2.20. The van der Waals surface area contributed by atoms with Crippen LogP contribution in [-0.4, -0.2) is 21.1 Å². The van der Waals surface area contributed by atoms with E-state index < -0.39 is 16.1 Å². The predicted octanol–water partition coefficient (Wildman–Crippen LogP) is 2.36. The largest absolute Gasteiger partial charge is 0.449 e. The zero-order chi connectivity index (χ0) is 13.8. The van der Waals surface area contributed by atoms with Crippen molar-refractivity contribution in [1.29, 1.82) is 0 Å². The van der Waals surface area contributed by atoms with Crippen molar-refractivity contribution in [3.8, 4) is 0 Å². The van der Waals surface area contributed by atoms with Crippen molar-refractivity contribution >= 4 is 38.7 Å². The van der Waals surface area contributed by atoms with Gasteiger partial charge in [-0.3, -0.25) is 0 Å². The third-order valence-corrected chi connectivity index (χ3v) is 4.57. The second-order valence-electron chi connectivity index (χ2n) is 4.03. The van der Waals surface area contributed by atoms with Gasteiger partial charge in [-0.05, 0) is 40.6 Å². The quantitative estimate of drug-likeness (QED) is 0.811. The van der Waals surface area contributed by atoms with Gasteiger partial charge in [0.1, 0.15) is 4.90 Å². The van der Waals surface area contributed by atoms with Crippen LogP contribution < -0.4 is 4.72 Å². The van der Waals surface area contributed by atoms with Crippen LogP contribution in [0.5, 0.6) is 0 Å². The molecule has 1 aromatic carbocycles. The van der Waals surface area contributed by atoms with Crippen molar-refractivity contribution in [2.24, 2.45) is 5.92 Å². The Morgan fingerprint density at radius 2 is 2.00 bits per heavy atom. The third kappa shape index (κ3) is 4.45. The van der Waals surface area contributed by atoms with Gasteiger partial charge in [-0.2, -0.15) is 0 Å². The van der Waals surface area contributed by atoms with Crippen LogP contribution in [-0.2, 0) is 14.8 Å². The lowest BCUT2D eigenvalue weighted by molar-refractivity contribution is 0.139. The number of nitrogens with one attached hydrogen (secondary N) is 1. The Labute approximate surface area is 120 Å². The summed E-state index contributed by atoms with van der Waals surface area (Å²) in [7, 11) is -3.87. The van der Waals surface area contributed by atoms with Crippen LogP contribution in [0.2, 0.25) is 0 Å². The van der Waals surface area contributed by atoms with E-state index in [9.17, 15) is 13.2 Å². The minimum absolute atomic E-state index is 0.0621. The number of carbonyl (C=O) groups excluding carboxylic acids is 1. The number of amides is 1. The molecule has 0 saturated heterocycles. The SMILES string of the molecule is CC(C)COC(=O)NS(=O)(=O)c1ccccc1I. The molecule has 1 N–H and O–H groups in total. The van der Waals surface area contributed by atoms with E-state index in [4.69, 9.17) is 4.74 Å². The molecule has 0 aliphatic rings. The van der Waals surface area contributed by atoms with Crippen LogP contribution in [0.15, 0.2) is 29.2 Å². The summed E-state index contributed by atoms with van der Waals surface area (Å²) in [6.45, 7) is 3.90. The molecule has 1 rings (SSSR count). The van der Waals surface area contributed by atoms with Crippen molar-refractivity contribution < 1.29 is 17.9 Å². The molecule has 0 aliphatic heterocycles. The molecule has 18 heavy (non-hydrogen) atoms. The molecule has 0 radical (unpaired) electrons. The Balaban J connectivity index is 2.77. The van der Waals surface area contributed by atoms with Crippen LogP contribution in [0.3, 0.4) is 0 Å². The van der Waals surface area contributed by atoms with E-state index in [-0.39, 0.29) is 17.4 Å². The average Bonchev–Trinajstić information content (AvgIpc) is 2.26. The van der Waals surface area contributed by atoms with Crippen LogP contribution in [0.1, 0.15) is 13.8 Å². The van der Waals surface area contributed by atoms with Crippen molar-refractivity contribution in [2.75, 3.05) is 6.61 Å². The number of rotatable bonds is 4. The first kappa shape index (κ1) is 15.2. The summed E-state index contributed by atoms with van der Waals surface area (Å²) >= 11 is 1.89. The normalized spacial score (nSPS) is 11.3. The van der Waals surface area contributed by atoms with Gasteiger partial charge in [0, 0.05) is 3.57 Å². The molecular weight excluding hydrogens is 369 g/mol. The molecule has 5 nitrogen and oxygen atoms in total. The zero-order valence-electron chi connectivity index (χ0n) is 10.0. The second-order valence-corrected chi connectivity index (χ2v) is 6.84. The van der Waals surface area contributed by atoms with Crippen LogP contribution >= 0.6 is 22.6 Å². The Bertz CT molecular complexity index is 528. The van der Waals surface area contributed by atoms with Gasteiger partial charge in [0.25, 0.3) is 10.0 Å². The lowest BCUT2D eigenvalue weighted by Gasteiger charge is -2.10. The highest BCUT2D eigenvalue weighted by Crippen LogP contribution is 2.17. The number of hydrogen-bond acceptors (Lipinski definition) is 4. The first-order valence-electron chi connectivity index (χ1n) is 5.27. The number of hydrogen-bond donors (Lipinski definition) is 1. The van der Waals surface area contributed by atoms with E-state index in [1.54, 1.807) is 18.2 Å². The van der Waals surface area contributed by atoms with Gasteiger partial charge < -0.3 is 4.74 Å². The Morgan fingerprint density at radius 3 is 2.56 bits per heavy atom. The third-order valence-electron chi connectivity index (χ3n) is 1.89. The van der Waals surface area contributed by atoms with Gasteiger partial charge in [0.05, 0.1) is 6.61 Å². The number of halogens is 1. The molecule has 0 saturated carbocycles. The van der Waals surface area contributed by atoms with Gasteiger partial charge >= 0.3 is 6.09 Å². The van der Waals surface area contributed by atoms with E-state index in [0.717, 1.165) is 0 Å². The van der Waals surface area contributed by atoms with E-state index in [1.807, 2.05) is 41.2 Å². The van der Waals surface area contributed by atoms with E-state index >= 15 is 0 Å². The van der Waals surface area contributed by atoms with Crippen LogP contribution in [0.25, 0.3) is 0 Å². The summed E-state index contributed by atoms with van der Waals surface area (Å²) in [6.07, 6.45) is -0.955. The smallest absolute Gasteiger partial charge is 0.421 e. The summed E-state index contributed by atoms with van der Waals surface area (Å²) in [5, 5.41) is 0. The van der Waals surface area contributed by atoms with Gasteiger partial charge in [0.15, 0.2) is 0 Å². The minimum Gasteiger partial charge on any atom is -0.449 e. The first-order valence-corrected chi connectivity index (χ1v) is 7.83. The summed E-state index contributed by atoms with van der Waals surface area (Å²) < 4.78 is 31.0. The van der Waals surface area contributed by atoms with Crippen LogP contribution in [0, 0.1) is 9.49 Å². The number of benzene rings is 1. The summed E-state index contributed by atoms with van der Waals surface area (Å²) in [5.41, 5.74) is 0. The first-order chi connectivity index (χ1) is 8.33. The Hall–Kier alpha value is -0.830. The number of sulfonamides is 1. The molecule has 1 amide bonds. The fraction of sp³-hybridized carbons (Fsp3) is 0.364. The molecule has 0 heterocycles. The van der Waals surface area contributed by atoms with Gasteiger partial charge in [0.2, 0.25) is 0 Å². The molecule has 0 bridgehead atoms. The molecular formula is C11H14INO4S. The molecule has 7 heteroatoms. The molecule has 0 aliphatic carbocycles. The lowest BCUT2D eigenvalue weighted by atomic mass is 10.2. The van der Waals surface area contributed by atoms with E-state index in [1.165, 1.54) is 6.07 Å². The van der Waals surface area contributed by atoms with E-state index in [2.05, 4.69) is 0 Å². The molecule has 0 atom stereocenters. The Kier molecular flexibility index (Phi) is 5.39. The molecule has 0 aromatic heterocycles. The zero-order valence-corrected chi connectivity index (χ0v) is 13.0. The van der Waals surface area contributed by atoms with Gasteiger partial charge in [-0.25, -0.2) is 17.9 Å². The second kappa shape index (κ2) is 6.37. The van der Waals surface area contributed by atoms with E-state index in [0.29, 0.717) is 3.57 Å². The average molecular weight is 383 g/mol. The van der Waals surface area contributed by atoms with Crippen LogP contribution in [0.4, 0.5) is 4.79 Å². The van der Waals surface area contributed by atoms with Gasteiger partial charge in [-0.15, -0.1) is 0 Å². The fourth-order valence-electron chi connectivity index (χ4n) is 1.10. The maximum Gasteiger partial charge on any atom is 0.421 e. The predicted molar refractivity (Wildman–Crippen MR) is 75.7 cm³/mol. The van der Waals surface area contributed by atoms with Gasteiger partial charge in [-0.1, -0.05) is 26.0 Å². The molecule has 0 unspecified atom stereocenters. The summed E-state index contributed by atoms with van der Waals surface area (Å²) in [6, 6.07) is 6.39. The number of ether oxygens (including phenoxy) is 1.